The number of carbonyl (C=O) groups is 3. The number of rotatable bonds is 7. The summed E-state index contributed by atoms with van der Waals surface area (Å²) in [5.41, 5.74) is 4.14. The zero-order valence-corrected chi connectivity index (χ0v) is 17.8. The highest BCUT2D eigenvalue weighted by molar-refractivity contribution is 6.14. The molecule has 31 heavy (non-hydrogen) atoms. The molecule has 0 radical (unpaired) electrons. The first kappa shape index (κ1) is 22.0. The van der Waals surface area contributed by atoms with E-state index in [1.807, 2.05) is 45.0 Å². The molecule has 0 saturated carbocycles. The molecule has 0 heterocycles. The molecule has 0 fully saturated rings. The predicted octanol–water partition coefficient (Wildman–Crippen LogP) is 4.57. The molecule has 0 bridgehead atoms. The summed E-state index contributed by atoms with van der Waals surface area (Å²) in [4.78, 5) is 37.7. The molecule has 3 rings (SSSR count). The lowest BCUT2D eigenvalue weighted by Crippen LogP contribution is -2.31. The fourth-order valence-electron chi connectivity index (χ4n) is 3.21. The Balaban J connectivity index is 1.64. The second-order valence-electron chi connectivity index (χ2n) is 7.45. The molecule has 3 aromatic carbocycles. The fourth-order valence-corrected chi connectivity index (χ4v) is 3.21. The fraction of sp³-hybridized carbons (Fsp3) is 0.192. The molecule has 0 saturated heterocycles. The molecular weight excluding hydrogens is 390 g/mol. The van der Waals surface area contributed by atoms with E-state index in [0.29, 0.717) is 5.56 Å². The number of carbonyl (C=O) groups excluding carboxylic acids is 3. The SMILES string of the molecule is Cc1ccc(C(C)NC(=O)COC(=O)c2ccccc2C(=O)c2ccccc2)cc1C. The Morgan fingerprint density at radius 2 is 1.48 bits per heavy atom. The van der Waals surface area contributed by atoms with Crippen LogP contribution in [0.15, 0.2) is 72.8 Å². The summed E-state index contributed by atoms with van der Waals surface area (Å²) in [6.45, 7) is 5.49. The third kappa shape index (κ3) is 5.45. The van der Waals surface area contributed by atoms with Gasteiger partial charge in [-0.3, -0.25) is 9.59 Å². The van der Waals surface area contributed by atoms with Gasteiger partial charge < -0.3 is 10.1 Å². The van der Waals surface area contributed by atoms with Crippen molar-refractivity contribution < 1.29 is 19.1 Å². The van der Waals surface area contributed by atoms with Crippen molar-refractivity contribution in [2.45, 2.75) is 26.8 Å². The van der Waals surface area contributed by atoms with Crippen molar-refractivity contribution in [2.75, 3.05) is 6.61 Å². The van der Waals surface area contributed by atoms with Crippen molar-refractivity contribution in [1.29, 1.82) is 0 Å². The molecule has 1 unspecified atom stereocenters. The molecule has 1 amide bonds. The molecule has 0 aliphatic heterocycles. The first-order valence-corrected chi connectivity index (χ1v) is 10.1. The van der Waals surface area contributed by atoms with Crippen LogP contribution in [0.25, 0.3) is 0 Å². The van der Waals surface area contributed by atoms with Crippen LogP contribution in [-0.2, 0) is 9.53 Å². The maximum absolute atomic E-state index is 12.8. The maximum atomic E-state index is 12.8. The van der Waals surface area contributed by atoms with Crippen molar-refractivity contribution in [2.24, 2.45) is 0 Å². The van der Waals surface area contributed by atoms with E-state index in [1.54, 1.807) is 42.5 Å². The lowest BCUT2D eigenvalue weighted by atomic mass is 9.98. The van der Waals surface area contributed by atoms with Gasteiger partial charge in [0.25, 0.3) is 5.91 Å². The summed E-state index contributed by atoms with van der Waals surface area (Å²) >= 11 is 0. The van der Waals surface area contributed by atoms with Gasteiger partial charge in [-0.05, 0) is 43.5 Å². The highest BCUT2D eigenvalue weighted by atomic mass is 16.5. The molecule has 1 N–H and O–H groups in total. The van der Waals surface area contributed by atoms with Gasteiger partial charge in [0.15, 0.2) is 12.4 Å². The number of esters is 1. The maximum Gasteiger partial charge on any atom is 0.339 e. The molecule has 5 heteroatoms. The summed E-state index contributed by atoms with van der Waals surface area (Å²) < 4.78 is 5.19. The van der Waals surface area contributed by atoms with E-state index in [0.717, 1.165) is 11.1 Å². The van der Waals surface area contributed by atoms with E-state index in [2.05, 4.69) is 5.32 Å². The molecule has 0 spiro atoms. The van der Waals surface area contributed by atoms with Gasteiger partial charge in [-0.15, -0.1) is 0 Å². The molecule has 0 aliphatic rings. The van der Waals surface area contributed by atoms with Crippen LogP contribution in [-0.4, -0.2) is 24.3 Å². The number of nitrogens with one attached hydrogen (secondary N) is 1. The number of hydrogen-bond acceptors (Lipinski definition) is 4. The molecule has 0 aromatic heterocycles. The third-order valence-corrected chi connectivity index (χ3v) is 5.17. The average molecular weight is 415 g/mol. The lowest BCUT2D eigenvalue weighted by Gasteiger charge is -2.16. The van der Waals surface area contributed by atoms with Crippen LogP contribution < -0.4 is 5.32 Å². The molecule has 0 aliphatic carbocycles. The van der Waals surface area contributed by atoms with Gasteiger partial charge in [-0.1, -0.05) is 66.7 Å². The van der Waals surface area contributed by atoms with E-state index < -0.39 is 18.5 Å². The van der Waals surface area contributed by atoms with Gasteiger partial charge in [0.2, 0.25) is 0 Å². The molecule has 158 valence electrons. The highest BCUT2D eigenvalue weighted by Gasteiger charge is 2.20. The van der Waals surface area contributed by atoms with E-state index in [9.17, 15) is 14.4 Å². The Morgan fingerprint density at radius 1 is 0.839 bits per heavy atom. The van der Waals surface area contributed by atoms with Crippen LogP contribution in [0.5, 0.6) is 0 Å². The minimum atomic E-state index is -0.714. The zero-order chi connectivity index (χ0) is 22.4. The monoisotopic (exact) mass is 415 g/mol. The second kappa shape index (κ2) is 9.85. The van der Waals surface area contributed by atoms with Gasteiger partial charge in [-0.25, -0.2) is 4.79 Å². The van der Waals surface area contributed by atoms with Crippen molar-refractivity contribution in [3.05, 3.63) is 106 Å². The van der Waals surface area contributed by atoms with Crippen molar-refractivity contribution in [3.8, 4) is 0 Å². The smallest absolute Gasteiger partial charge is 0.339 e. The normalized spacial score (nSPS) is 11.5. The molecule has 5 nitrogen and oxygen atoms in total. The number of benzene rings is 3. The van der Waals surface area contributed by atoms with Crippen molar-refractivity contribution in [1.82, 2.24) is 5.32 Å². The van der Waals surface area contributed by atoms with E-state index in [1.165, 1.54) is 11.6 Å². The van der Waals surface area contributed by atoms with E-state index in [-0.39, 0.29) is 23.0 Å². The summed E-state index contributed by atoms with van der Waals surface area (Å²) in [5, 5.41) is 2.83. The number of ether oxygens (including phenoxy) is 1. The summed E-state index contributed by atoms with van der Waals surface area (Å²) in [6.07, 6.45) is 0. The Labute approximate surface area is 182 Å². The quantitative estimate of drug-likeness (QED) is 0.453. The molecule has 1 atom stereocenters. The van der Waals surface area contributed by atoms with Crippen LogP contribution in [0.3, 0.4) is 0 Å². The lowest BCUT2D eigenvalue weighted by molar-refractivity contribution is -0.124. The molecular formula is C26H25NO4. The van der Waals surface area contributed by atoms with Crippen molar-refractivity contribution >= 4 is 17.7 Å². The Morgan fingerprint density at radius 3 is 2.16 bits per heavy atom. The minimum absolute atomic E-state index is 0.131. The molecule has 3 aromatic rings. The van der Waals surface area contributed by atoms with Gasteiger partial charge >= 0.3 is 5.97 Å². The number of amides is 1. The van der Waals surface area contributed by atoms with Crippen LogP contribution in [0.1, 0.15) is 55.9 Å². The largest absolute Gasteiger partial charge is 0.452 e. The standard InChI is InChI=1S/C26H25NO4/c1-17-13-14-21(15-18(17)2)19(3)27-24(28)16-31-26(30)23-12-8-7-11-22(23)25(29)20-9-5-4-6-10-20/h4-15,19H,16H2,1-3H3,(H,27,28). The van der Waals surface area contributed by atoms with E-state index in [4.69, 9.17) is 4.74 Å². The van der Waals surface area contributed by atoms with Crippen LogP contribution in [0.2, 0.25) is 0 Å². The van der Waals surface area contributed by atoms with Gasteiger partial charge in [-0.2, -0.15) is 0 Å². The summed E-state index contributed by atoms with van der Waals surface area (Å²) in [7, 11) is 0. The Bertz CT molecular complexity index is 1110. The third-order valence-electron chi connectivity index (χ3n) is 5.17. The first-order valence-electron chi connectivity index (χ1n) is 10.1. The summed E-state index contributed by atoms with van der Waals surface area (Å²) in [6, 6.07) is 20.9. The minimum Gasteiger partial charge on any atom is -0.452 e. The first-order chi connectivity index (χ1) is 14.9. The van der Waals surface area contributed by atoms with Gasteiger partial charge in [0.05, 0.1) is 11.6 Å². The number of ketones is 1. The second-order valence-corrected chi connectivity index (χ2v) is 7.45. The highest BCUT2D eigenvalue weighted by Crippen LogP contribution is 2.18. The van der Waals surface area contributed by atoms with Gasteiger partial charge in [0, 0.05) is 11.1 Å². The number of hydrogen-bond donors (Lipinski definition) is 1. The van der Waals surface area contributed by atoms with Crippen LogP contribution in [0.4, 0.5) is 0 Å². The predicted molar refractivity (Wildman–Crippen MR) is 119 cm³/mol. The van der Waals surface area contributed by atoms with Crippen LogP contribution in [0, 0.1) is 13.8 Å². The number of aryl methyl sites for hydroxylation is 2. The van der Waals surface area contributed by atoms with Gasteiger partial charge in [0.1, 0.15) is 0 Å². The van der Waals surface area contributed by atoms with E-state index >= 15 is 0 Å². The van der Waals surface area contributed by atoms with Crippen molar-refractivity contribution in [3.63, 3.8) is 0 Å². The average Bonchev–Trinajstić information content (AvgIpc) is 2.79. The Kier molecular flexibility index (Phi) is 6.98. The zero-order valence-electron chi connectivity index (χ0n) is 17.8. The summed E-state index contributed by atoms with van der Waals surface area (Å²) in [5.74, 6) is -1.40. The Hall–Kier alpha value is -3.73. The van der Waals surface area contributed by atoms with Crippen LogP contribution >= 0.6 is 0 Å². The topological polar surface area (TPSA) is 72.5 Å².